The number of amides is 2. The highest BCUT2D eigenvalue weighted by Gasteiger charge is 2.31. The topological polar surface area (TPSA) is 121 Å². The highest BCUT2D eigenvalue weighted by Crippen LogP contribution is 2.31. The Labute approximate surface area is 202 Å². The van der Waals surface area contributed by atoms with Crippen molar-refractivity contribution in [1.29, 1.82) is 0 Å². The molecule has 2 N–H and O–H groups in total. The van der Waals surface area contributed by atoms with Crippen molar-refractivity contribution >= 4 is 28.4 Å². The third kappa shape index (κ3) is 4.37. The van der Waals surface area contributed by atoms with Gasteiger partial charge in [-0.1, -0.05) is 6.92 Å². The quantitative estimate of drug-likeness (QED) is 0.449. The van der Waals surface area contributed by atoms with Crippen molar-refractivity contribution in [2.75, 3.05) is 19.7 Å². The van der Waals surface area contributed by atoms with Gasteiger partial charge in [-0.2, -0.15) is 18.3 Å². The first-order valence-corrected chi connectivity index (χ1v) is 11.3. The molecule has 4 aromatic heterocycles. The Morgan fingerprint density at radius 2 is 2.03 bits per heavy atom. The number of carbonyl (C=O) groups is 2. The van der Waals surface area contributed by atoms with Crippen molar-refractivity contribution in [3.63, 3.8) is 0 Å². The molecule has 1 aliphatic heterocycles. The minimum atomic E-state index is -4.55. The molecule has 188 valence electrons. The smallest absolute Gasteiger partial charge is 0.375 e. The highest BCUT2D eigenvalue weighted by molar-refractivity contribution is 5.99. The van der Waals surface area contributed by atoms with Gasteiger partial charge in [0.25, 0.3) is 5.91 Å². The van der Waals surface area contributed by atoms with Gasteiger partial charge in [0, 0.05) is 30.9 Å². The number of alkyl halides is 3. The van der Waals surface area contributed by atoms with E-state index in [0.29, 0.717) is 36.4 Å². The zero-order valence-corrected chi connectivity index (χ0v) is 19.2. The second kappa shape index (κ2) is 8.90. The van der Waals surface area contributed by atoms with Crippen molar-refractivity contribution in [3.05, 3.63) is 48.0 Å². The molecular formula is C23H22F3N7O3. The summed E-state index contributed by atoms with van der Waals surface area (Å²) in [5.41, 5.74) is 6.66. The first-order chi connectivity index (χ1) is 17.1. The highest BCUT2D eigenvalue weighted by atomic mass is 19.4. The summed E-state index contributed by atoms with van der Waals surface area (Å²) in [5.74, 6) is -1.05. The third-order valence-electron chi connectivity index (χ3n) is 6.10. The molecule has 1 fully saturated rings. The molecule has 5 heterocycles. The molecule has 1 aliphatic rings. The molecule has 0 bridgehead atoms. The van der Waals surface area contributed by atoms with Gasteiger partial charge in [0.15, 0.2) is 0 Å². The number of morpholine rings is 1. The van der Waals surface area contributed by atoms with E-state index >= 15 is 0 Å². The second-order valence-electron chi connectivity index (χ2n) is 8.51. The first kappa shape index (κ1) is 23.7. The second-order valence-corrected chi connectivity index (χ2v) is 8.51. The number of fused-ring (bicyclic) bond motifs is 2. The Morgan fingerprint density at radius 1 is 1.22 bits per heavy atom. The summed E-state index contributed by atoms with van der Waals surface area (Å²) in [4.78, 5) is 34.9. The molecule has 0 aromatic carbocycles. The van der Waals surface area contributed by atoms with E-state index in [0.717, 1.165) is 11.1 Å². The lowest BCUT2D eigenvalue weighted by Gasteiger charge is -2.32. The number of carbonyl (C=O) groups excluding carboxylic acids is 2. The number of halogens is 3. The molecule has 2 amide bonds. The van der Waals surface area contributed by atoms with Crippen LogP contribution in [0.25, 0.3) is 27.9 Å². The summed E-state index contributed by atoms with van der Waals surface area (Å²) in [6, 6.07) is 4.40. The van der Waals surface area contributed by atoms with Gasteiger partial charge in [-0.15, -0.1) is 0 Å². The average molecular weight is 501 g/mol. The summed E-state index contributed by atoms with van der Waals surface area (Å²) >= 11 is 0. The Hall–Kier alpha value is -4.00. The number of imidazole rings is 1. The number of hydrogen-bond acceptors (Lipinski definition) is 6. The van der Waals surface area contributed by atoms with E-state index in [4.69, 9.17) is 10.5 Å². The molecule has 1 atom stereocenters. The fraction of sp³-hybridized carbons (Fsp3) is 0.348. The van der Waals surface area contributed by atoms with Gasteiger partial charge >= 0.3 is 6.18 Å². The van der Waals surface area contributed by atoms with Crippen molar-refractivity contribution < 1.29 is 27.5 Å². The molecule has 10 nitrogen and oxygen atoms in total. The summed E-state index contributed by atoms with van der Waals surface area (Å²) in [5, 5.41) is 4.52. The van der Waals surface area contributed by atoms with Crippen molar-refractivity contribution in [2.24, 2.45) is 5.73 Å². The minimum Gasteiger partial charge on any atom is -0.375 e. The zero-order valence-electron chi connectivity index (χ0n) is 19.2. The standard InChI is InChI=1S/C23H22F3N7O3/c1-2-14-11-31(5-6-36-14)22(35)16-7-17-15(8-28-16)20(30-33(17)12-23(24,25)26)18-9-29-19-4-3-13(21(27)34)10-32(18)19/h3-4,7-10,14H,2,5-6,11-12H2,1H3,(H2,27,34). The Bertz CT molecular complexity index is 1480. The van der Waals surface area contributed by atoms with E-state index in [1.807, 2.05) is 6.92 Å². The molecule has 36 heavy (non-hydrogen) atoms. The largest absolute Gasteiger partial charge is 0.408 e. The van der Waals surface area contributed by atoms with E-state index in [2.05, 4.69) is 15.1 Å². The van der Waals surface area contributed by atoms with Crippen LogP contribution in [0.4, 0.5) is 13.2 Å². The number of ether oxygens (including phenoxy) is 1. The SMILES string of the molecule is CCC1CN(C(=O)c2cc3c(cn2)c(-c2cnc4ccc(C(N)=O)cn24)nn3CC(F)(F)F)CCO1. The number of nitrogens with two attached hydrogens (primary N) is 1. The molecule has 13 heteroatoms. The van der Waals surface area contributed by atoms with Gasteiger partial charge < -0.3 is 15.4 Å². The van der Waals surface area contributed by atoms with Gasteiger partial charge in [0.05, 0.1) is 35.7 Å². The molecule has 0 aliphatic carbocycles. The monoisotopic (exact) mass is 501 g/mol. The Kier molecular flexibility index (Phi) is 5.86. The van der Waals surface area contributed by atoms with Crippen LogP contribution in [0.5, 0.6) is 0 Å². The predicted molar refractivity (Wildman–Crippen MR) is 122 cm³/mol. The first-order valence-electron chi connectivity index (χ1n) is 11.3. The molecule has 5 rings (SSSR count). The van der Waals surface area contributed by atoms with Crippen molar-refractivity contribution in [2.45, 2.75) is 32.2 Å². The van der Waals surface area contributed by atoms with Crippen LogP contribution in [0.1, 0.15) is 34.2 Å². The zero-order chi connectivity index (χ0) is 25.6. The lowest BCUT2D eigenvalue weighted by atomic mass is 10.1. The average Bonchev–Trinajstić information content (AvgIpc) is 3.43. The lowest BCUT2D eigenvalue weighted by molar-refractivity contribution is -0.141. The van der Waals surface area contributed by atoms with E-state index in [9.17, 15) is 22.8 Å². The molecular weight excluding hydrogens is 479 g/mol. The normalized spacial score (nSPS) is 16.7. The van der Waals surface area contributed by atoms with Gasteiger partial charge in [-0.05, 0) is 24.6 Å². The van der Waals surface area contributed by atoms with Crippen LogP contribution in [0.15, 0.2) is 36.8 Å². The van der Waals surface area contributed by atoms with Gasteiger partial charge in [-0.3, -0.25) is 23.7 Å². The number of primary amides is 1. The maximum Gasteiger partial charge on any atom is 0.408 e. The number of pyridine rings is 2. The molecule has 1 saturated heterocycles. The number of rotatable bonds is 5. The van der Waals surface area contributed by atoms with Crippen LogP contribution in [0, 0.1) is 0 Å². The van der Waals surface area contributed by atoms with Gasteiger partial charge in [-0.25, -0.2) is 4.98 Å². The maximum atomic E-state index is 13.4. The third-order valence-corrected chi connectivity index (χ3v) is 6.10. The summed E-state index contributed by atoms with van der Waals surface area (Å²) in [6.45, 7) is 1.72. The van der Waals surface area contributed by atoms with Crippen LogP contribution in [0.2, 0.25) is 0 Å². The fourth-order valence-electron chi connectivity index (χ4n) is 4.28. The summed E-state index contributed by atoms with van der Waals surface area (Å²) in [6.07, 6.45) is 0.303. The van der Waals surface area contributed by atoms with Gasteiger partial charge in [0.1, 0.15) is 23.6 Å². The van der Waals surface area contributed by atoms with Crippen LogP contribution in [0.3, 0.4) is 0 Å². The Morgan fingerprint density at radius 3 is 2.75 bits per heavy atom. The summed E-state index contributed by atoms with van der Waals surface area (Å²) in [7, 11) is 0. The predicted octanol–water partition coefficient (Wildman–Crippen LogP) is 2.66. The van der Waals surface area contributed by atoms with E-state index in [1.54, 1.807) is 11.0 Å². The molecule has 0 radical (unpaired) electrons. The number of nitrogens with zero attached hydrogens (tertiary/aromatic N) is 6. The van der Waals surface area contributed by atoms with Crippen LogP contribution >= 0.6 is 0 Å². The van der Waals surface area contributed by atoms with E-state index < -0.39 is 18.6 Å². The molecule has 0 spiro atoms. The number of hydrogen-bond donors (Lipinski definition) is 1. The van der Waals surface area contributed by atoms with Crippen LogP contribution in [-0.4, -0.2) is 72.8 Å². The molecule has 4 aromatic rings. The minimum absolute atomic E-state index is 0.0169. The molecule has 0 saturated carbocycles. The molecule has 1 unspecified atom stereocenters. The van der Waals surface area contributed by atoms with Crippen molar-refractivity contribution in [1.82, 2.24) is 29.0 Å². The lowest BCUT2D eigenvalue weighted by Crippen LogP contribution is -2.45. The maximum absolute atomic E-state index is 13.4. The van der Waals surface area contributed by atoms with Gasteiger partial charge in [0.2, 0.25) is 5.91 Å². The Balaban J connectivity index is 1.62. The number of aromatic nitrogens is 5. The van der Waals surface area contributed by atoms with Crippen LogP contribution < -0.4 is 5.73 Å². The van der Waals surface area contributed by atoms with Crippen molar-refractivity contribution in [3.8, 4) is 11.4 Å². The summed E-state index contributed by atoms with van der Waals surface area (Å²) < 4.78 is 48.2. The van der Waals surface area contributed by atoms with Crippen LogP contribution in [-0.2, 0) is 11.3 Å². The van der Waals surface area contributed by atoms with E-state index in [1.165, 1.54) is 35.1 Å². The fourth-order valence-corrected chi connectivity index (χ4v) is 4.28. The van der Waals surface area contributed by atoms with E-state index in [-0.39, 0.29) is 34.5 Å².